The van der Waals surface area contributed by atoms with E-state index in [1.165, 1.54) is 0 Å². The number of likely N-dealkylation sites (tertiary alicyclic amines) is 1. The van der Waals surface area contributed by atoms with Crippen molar-refractivity contribution in [1.29, 1.82) is 0 Å². The van der Waals surface area contributed by atoms with Crippen molar-refractivity contribution < 1.29 is 14.3 Å². The Morgan fingerprint density at radius 2 is 2.12 bits per heavy atom. The topological polar surface area (TPSA) is 61.9 Å². The molecule has 26 heavy (non-hydrogen) atoms. The molecule has 1 N–H and O–H groups in total. The van der Waals surface area contributed by atoms with Gasteiger partial charge < -0.3 is 19.9 Å². The lowest BCUT2D eigenvalue weighted by Gasteiger charge is -2.33. The molecule has 2 amide bonds. The van der Waals surface area contributed by atoms with Crippen molar-refractivity contribution >= 4 is 35.8 Å². The molecule has 2 saturated heterocycles. The van der Waals surface area contributed by atoms with Gasteiger partial charge in [-0.05, 0) is 19.1 Å². The quantitative estimate of drug-likeness (QED) is 0.816. The van der Waals surface area contributed by atoms with Crippen LogP contribution in [-0.2, 0) is 9.59 Å². The van der Waals surface area contributed by atoms with Gasteiger partial charge in [-0.3, -0.25) is 9.59 Å². The van der Waals surface area contributed by atoms with Gasteiger partial charge in [0.15, 0.2) is 0 Å². The van der Waals surface area contributed by atoms with Crippen LogP contribution in [0.2, 0.25) is 5.02 Å². The van der Waals surface area contributed by atoms with Crippen LogP contribution in [0.4, 0.5) is 0 Å². The summed E-state index contributed by atoms with van der Waals surface area (Å²) >= 11 is 6.05. The number of carbonyl (C=O) groups is 2. The SMILES string of the molecule is C[C@@H]1CN(C(=O)C2CC(=O)N(CCOc3ccccc3Cl)C2)CCN1.Cl. The predicted octanol–water partition coefficient (Wildman–Crippen LogP) is 1.81. The Balaban J connectivity index is 0.00000243. The Labute approximate surface area is 165 Å². The van der Waals surface area contributed by atoms with Gasteiger partial charge in [-0.15, -0.1) is 12.4 Å². The number of piperazine rings is 1. The molecule has 2 aliphatic rings. The van der Waals surface area contributed by atoms with E-state index in [9.17, 15) is 9.59 Å². The second kappa shape index (κ2) is 9.44. The van der Waals surface area contributed by atoms with Crippen LogP contribution >= 0.6 is 24.0 Å². The Kier molecular flexibility index (Phi) is 7.55. The highest BCUT2D eigenvalue weighted by Crippen LogP contribution is 2.24. The van der Waals surface area contributed by atoms with E-state index in [1.54, 1.807) is 17.0 Å². The van der Waals surface area contributed by atoms with Crippen molar-refractivity contribution in [3.05, 3.63) is 29.3 Å². The molecule has 3 rings (SSSR count). The summed E-state index contributed by atoms with van der Waals surface area (Å²) in [6.07, 6.45) is 0.295. The summed E-state index contributed by atoms with van der Waals surface area (Å²) in [5, 5.41) is 3.88. The Morgan fingerprint density at radius 1 is 1.35 bits per heavy atom. The maximum atomic E-state index is 12.6. The lowest BCUT2D eigenvalue weighted by molar-refractivity contribution is -0.136. The fourth-order valence-corrected chi connectivity index (χ4v) is 3.56. The van der Waals surface area contributed by atoms with Gasteiger partial charge in [0.1, 0.15) is 12.4 Å². The number of para-hydroxylation sites is 1. The van der Waals surface area contributed by atoms with Crippen LogP contribution in [0.5, 0.6) is 5.75 Å². The first kappa shape index (κ1) is 20.8. The molecule has 6 nitrogen and oxygen atoms in total. The molecule has 0 radical (unpaired) electrons. The number of hydrogen-bond acceptors (Lipinski definition) is 4. The van der Waals surface area contributed by atoms with E-state index >= 15 is 0 Å². The number of amides is 2. The smallest absolute Gasteiger partial charge is 0.228 e. The fourth-order valence-electron chi connectivity index (χ4n) is 3.37. The molecule has 2 fully saturated rings. The van der Waals surface area contributed by atoms with E-state index in [2.05, 4.69) is 12.2 Å². The van der Waals surface area contributed by atoms with Crippen molar-refractivity contribution in [2.24, 2.45) is 5.92 Å². The first-order valence-electron chi connectivity index (χ1n) is 8.72. The second-order valence-electron chi connectivity index (χ2n) is 6.66. The first-order chi connectivity index (χ1) is 12.0. The molecule has 1 unspecified atom stereocenters. The summed E-state index contributed by atoms with van der Waals surface area (Å²) in [5.41, 5.74) is 0. The van der Waals surface area contributed by atoms with Gasteiger partial charge in [0, 0.05) is 38.6 Å². The second-order valence-corrected chi connectivity index (χ2v) is 7.07. The normalized spacial score (nSPS) is 22.9. The summed E-state index contributed by atoms with van der Waals surface area (Å²) in [6, 6.07) is 7.56. The maximum absolute atomic E-state index is 12.6. The van der Waals surface area contributed by atoms with E-state index < -0.39 is 0 Å². The van der Waals surface area contributed by atoms with E-state index in [0.717, 1.165) is 6.54 Å². The minimum atomic E-state index is -0.238. The zero-order chi connectivity index (χ0) is 17.8. The van der Waals surface area contributed by atoms with E-state index in [-0.39, 0.29) is 30.1 Å². The largest absolute Gasteiger partial charge is 0.490 e. The Morgan fingerprint density at radius 3 is 2.85 bits per heavy atom. The number of nitrogens with zero attached hydrogens (tertiary/aromatic N) is 2. The number of nitrogens with one attached hydrogen (secondary N) is 1. The number of benzene rings is 1. The molecule has 2 atom stereocenters. The van der Waals surface area contributed by atoms with Crippen LogP contribution in [0, 0.1) is 5.92 Å². The van der Waals surface area contributed by atoms with Gasteiger partial charge >= 0.3 is 0 Å². The minimum absolute atomic E-state index is 0. The third kappa shape index (κ3) is 5.02. The summed E-state index contributed by atoms with van der Waals surface area (Å²) in [5.74, 6) is 0.483. The molecule has 0 bridgehead atoms. The van der Waals surface area contributed by atoms with Crippen LogP contribution in [0.3, 0.4) is 0 Å². The van der Waals surface area contributed by atoms with Crippen molar-refractivity contribution in [1.82, 2.24) is 15.1 Å². The lowest BCUT2D eigenvalue weighted by Crippen LogP contribution is -2.53. The van der Waals surface area contributed by atoms with Crippen LogP contribution in [0.15, 0.2) is 24.3 Å². The van der Waals surface area contributed by atoms with Gasteiger partial charge in [-0.2, -0.15) is 0 Å². The molecule has 1 aromatic carbocycles. The zero-order valence-corrected chi connectivity index (χ0v) is 16.4. The summed E-state index contributed by atoms with van der Waals surface area (Å²) in [7, 11) is 0. The monoisotopic (exact) mass is 401 g/mol. The molecule has 0 aromatic heterocycles. The molecule has 1 aromatic rings. The molecule has 8 heteroatoms. The predicted molar refractivity (Wildman–Crippen MR) is 103 cm³/mol. The Hall–Kier alpha value is -1.50. The molecular formula is C18H25Cl2N3O3. The minimum Gasteiger partial charge on any atom is -0.490 e. The van der Waals surface area contributed by atoms with Gasteiger partial charge in [0.05, 0.1) is 17.5 Å². The maximum Gasteiger partial charge on any atom is 0.228 e. The Bertz CT molecular complexity index is 644. The van der Waals surface area contributed by atoms with E-state index in [0.29, 0.717) is 56.0 Å². The van der Waals surface area contributed by atoms with Crippen LogP contribution < -0.4 is 10.1 Å². The summed E-state index contributed by atoms with van der Waals surface area (Å²) in [4.78, 5) is 28.4. The fraction of sp³-hybridized carbons (Fsp3) is 0.556. The van der Waals surface area contributed by atoms with E-state index in [1.807, 2.05) is 17.0 Å². The van der Waals surface area contributed by atoms with Crippen LogP contribution in [0.25, 0.3) is 0 Å². The van der Waals surface area contributed by atoms with Crippen molar-refractivity contribution in [3.8, 4) is 5.75 Å². The standard InChI is InChI=1S/C18H24ClN3O3.ClH/c1-13-11-22(7-6-20-13)18(24)14-10-17(23)21(12-14)8-9-25-16-5-3-2-4-15(16)19;/h2-5,13-14,20H,6-12H2,1H3;1H/t13-,14?;/m1./s1. The highest BCUT2D eigenvalue weighted by molar-refractivity contribution is 6.32. The lowest BCUT2D eigenvalue weighted by atomic mass is 10.1. The molecule has 0 aliphatic carbocycles. The molecule has 0 spiro atoms. The number of hydrogen-bond donors (Lipinski definition) is 1. The van der Waals surface area contributed by atoms with Crippen molar-refractivity contribution in [2.75, 3.05) is 39.3 Å². The highest BCUT2D eigenvalue weighted by Gasteiger charge is 2.37. The average molecular weight is 402 g/mol. The van der Waals surface area contributed by atoms with Gasteiger partial charge in [0.25, 0.3) is 0 Å². The number of ether oxygens (including phenoxy) is 1. The molecule has 0 saturated carbocycles. The number of rotatable bonds is 5. The van der Waals surface area contributed by atoms with Crippen LogP contribution in [0.1, 0.15) is 13.3 Å². The van der Waals surface area contributed by atoms with Gasteiger partial charge in [-0.25, -0.2) is 0 Å². The number of carbonyl (C=O) groups excluding carboxylic acids is 2. The molecule has 144 valence electrons. The molecule has 2 aliphatic heterocycles. The van der Waals surface area contributed by atoms with Crippen molar-refractivity contribution in [3.63, 3.8) is 0 Å². The summed E-state index contributed by atoms with van der Waals surface area (Å²) in [6.45, 7) is 5.60. The third-order valence-corrected chi connectivity index (χ3v) is 5.01. The van der Waals surface area contributed by atoms with Crippen molar-refractivity contribution in [2.45, 2.75) is 19.4 Å². The number of halogens is 2. The van der Waals surface area contributed by atoms with E-state index in [4.69, 9.17) is 16.3 Å². The molecular weight excluding hydrogens is 377 g/mol. The highest BCUT2D eigenvalue weighted by atomic mass is 35.5. The van der Waals surface area contributed by atoms with Crippen LogP contribution in [-0.4, -0.2) is 67.0 Å². The first-order valence-corrected chi connectivity index (χ1v) is 9.09. The average Bonchev–Trinajstić information content (AvgIpc) is 2.97. The molecule has 2 heterocycles. The zero-order valence-electron chi connectivity index (χ0n) is 14.8. The third-order valence-electron chi connectivity index (χ3n) is 4.70. The van der Waals surface area contributed by atoms with Gasteiger partial charge in [-0.1, -0.05) is 23.7 Å². The summed E-state index contributed by atoms with van der Waals surface area (Å²) < 4.78 is 5.64. The van der Waals surface area contributed by atoms with Gasteiger partial charge in [0.2, 0.25) is 11.8 Å².